The van der Waals surface area contributed by atoms with Gasteiger partial charge in [-0.1, -0.05) is 42.5 Å². The number of aliphatic hydroxyl groups excluding tert-OH is 1. The standard InChI is InChI=1S/C24H29N3O3/c1-25(2)15-8-16-27-21(17-11-13-19(14-12-17)26(3)4)20(23(29)24(27)30)22(28)18-9-6-5-7-10-18/h5-7,9-14,21,28H,8,15-16H2,1-4H3. The quantitative estimate of drug-likeness (QED) is 0.434. The lowest BCUT2D eigenvalue weighted by atomic mass is 9.95. The first-order valence-corrected chi connectivity index (χ1v) is 10.1. The molecule has 158 valence electrons. The zero-order chi connectivity index (χ0) is 21.8. The van der Waals surface area contributed by atoms with Crippen LogP contribution in [0.5, 0.6) is 0 Å². The van der Waals surface area contributed by atoms with Crippen LogP contribution in [0.2, 0.25) is 0 Å². The van der Waals surface area contributed by atoms with Crippen LogP contribution in [-0.4, -0.2) is 67.9 Å². The molecule has 6 heteroatoms. The molecular weight excluding hydrogens is 378 g/mol. The van der Waals surface area contributed by atoms with Crippen LogP contribution in [0, 0.1) is 0 Å². The maximum absolute atomic E-state index is 13.0. The number of carbonyl (C=O) groups is 2. The van der Waals surface area contributed by atoms with E-state index in [-0.39, 0.29) is 11.3 Å². The third-order valence-corrected chi connectivity index (χ3v) is 5.32. The molecule has 1 aliphatic rings. The van der Waals surface area contributed by atoms with E-state index in [1.54, 1.807) is 29.2 Å². The van der Waals surface area contributed by atoms with Crippen molar-refractivity contribution in [1.82, 2.24) is 9.80 Å². The number of aliphatic hydroxyl groups is 1. The van der Waals surface area contributed by atoms with Gasteiger partial charge in [-0.3, -0.25) is 9.59 Å². The second-order valence-corrected chi connectivity index (χ2v) is 8.00. The number of hydrogen-bond acceptors (Lipinski definition) is 5. The van der Waals surface area contributed by atoms with Crippen molar-refractivity contribution in [2.75, 3.05) is 46.2 Å². The third kappa shape index (κ3) is 4.39. The fraction of sp³-hybridized carbons (Fsp3) is 0.333. The number of amides is 1. The molecule has 2 aromatic rings. The summed E-state index contributed by atoms with van der Waals surface area (Å²) >= 11 is 0. The minimum absolute atomic E-state index is 0.134. The Balaban J connectivity index is 2.07. The van der Waals surface area contributed by atoms with E-state index in [2.05, 4.69) is 0 Å². The molecule has 1 N–H and O–H groups in total. The molecule has 1 aliphatic heterocycles. The molecule has 0 spiro atoms. The number of carbonyl (C=O) groups excluding carboxylic acids is 2. The normalized spacial score (nSPS) is 18.3. The van der Waals surface area contributed by atoms with Gasteiger partial charge in [0.25, 0.3) is 11.7 Å². The summed E-state index contributed by atoms with van der Waals surface area (Å²) in [5.74, 6) is -1.33. The molecule has 1 unspecified atom stereocenters. The number of anilines is 1. The van der Waals surface area contributed by atoms with Gasteiger partial charge in [0.2, 0.25) is 0 Å². The van der Waals surface area contributed by atoms with E-state index < -0.39 is 17.7 Å². The second-order valence-electron chi connectivity index (χ2n) is 8.00. The van der Waals surface area contributed by atoms with Crippen LogP contribution in [-0.2, 0) is 9.59 Å². The summed E-state index contributed by atoms with van der Waals surface area (Å²) in [6, 6.07) is 16.0. The highest BCUT2D eigenvalue weighted by molar-refractivity contribution is 6.46. The maximum atomic E-state index is 13.0. The second kappa shape index (κ2) is 9.13. The maximum Gasteiger partial charge on any atom is 0.295 e. The largest absolute Gasteiger partial charge is 0.507 e. The molecule has 0 radical (unpaired) electrons. The molecule has 1 heterocycles. The van der Waals surface area contributed by atoms with Gasteiger partial charge in [0.05, 0.1) is 11.6 Å². The molecule has 0 bridgehead atoms. The van der Waals surface area contributed by atoms with Gasteiger partial charge in [-0.2, -0.15) is 0 Å². The number of rotatable bonds is 7. The van der Waals surface area contributed by atoms with Crippen molar-refractivity contribution in [1.29, 1.82) is 0 Å². The summed E-state index contributed by atoms with van der Waals surface area (Å²) in [4.78, 5) is 31.5. The summed E-state index contributed by atoms with van der Waals surface area (Å²) in [6.45, 7) is 1.24. The van der Waals surface area contributed by atoms with E-state index in [0.29, 0.717) is 12.1 Å². The fourth-order valence-electron chi connectivity index (χ4n) is 3.72. The number of ketones is 1. The smallest absolute Gasteiger partial charge is 0.295 e. The first kappa shape index (κ1) is 21.6. The van der Waals surface area contributed by atoms with Crippen LogP contribution in [0.15, 0.2) is 60.2 Å². The van der Waals surface area contributed by atoms with Crippen molar-refractivity contribution in [2.24, 2.45) is 0 Å². The molecule has 0 saturated carbocycles. The number of hydrogen-bond donors (Lipinski definition) is 1. The van der Waals surface area contributed by atoms with Crippen molar-refractivity contribution in [2.45, 2.75) is 12.5 Å². The van der Waals surface area contributed by atoms with E-state index in [9.17, 15) is 14.7 Å². The molecule has 2 aromatic carbocycles. The molecule has 6 nitrogen and oxygen atoms in total. The molecule has 1 amide bonds. The number of nitrogens with zero attached hydrogens (tertiary/aromatic N) is 3. The van der Waals surface area contributed by atoms with Crippen molar-refractivity contribution < 1.29 is 14.7 Å². The zero-order valence-corrected chi connectivity index (χ0v) is 18.0. The first-order valence-electron chi connectivity index (χ1n) is 10.1. The van der Waals surface area contributed by atoms with Crippen LogP contribution < -0.4 is 4.90 Å². The average Bonchev–Trinajstić information content (AvgIpc) is 2.98. The summed E-state index contributed by atoms with van der Waals surface area (Å²) in [5, 5.41) is 11.0. The van der Waals surface area contributed by atoms with Crippen LogP contribution in [0.25, 0.3) is 5.76 Å². The highest BCUT2D eigenvalue weighted by atomic mass is 16.3. The van der Waals surface area contributed by atoms with Gasteiger partial charge in [0, 0.05) is 31.9 Å². The molecule has 1 fully saturated rings. The zero-order valence-electron chi connectivity index (χ0n) is 18.0. The fourth-order valence-corrected chi connectivity index (χ4v) is 3.72. The molecule has 0 aliphatic carbocycles. The van der Waals surface area contributed by atoms with Gasteiger partial charge in [-0.05, 0) is 44.8 Å². The van der Waals surface area contributed by atoms with Gasteiger partial charge in [-0.25, -0.2) is 0 Å². The van der Waals surface area contributed by atoms with Crippen molar-refractivity contribution in [3.8, 4) is 0 Å². The summed E-state index contributed by atoms with van der Waals surface area (Å²) in [5.41, 5.74) is 2.50. The van der Waals surface area contributed by atoms with E-state index >= 15 is 0 Å². The Morgan fingerprint density at radius 1 is 0.967 bits per heavy atom. The summed E-state index contributed by atoms with van der Waals surface area (Å²) in [6.07, 6.45) is 0.734. The molecular formula is C24H29N3O3. The van der Waals surface area contributed by atoms with Crippen molar-refractivity contribution >= 4 is 23.1 Å². The summed E-state index contributed by atoms with van der Waals surface area (Å²) < 4.78 is 0. The van der Waals surface area contributed by atoms with Crippen molar-refractivity contribution in [3.05, 3.63) is 71.3 Å². The SMILES string of the molecule is CN(C)CCCN1C(=O)C(=O)C(=C(O)c2ccccc2)C1c1ccc(N(C)C)cc1. The summed E-state index contributed by atoms with van der Waals surface area (Å²) in [7, 11) is 7.86. The van der Waals surface area contributed by atoms with Gasteiger partial charge in [0.15, 0.2) is 0 Å². The van der Waals surface area contributed by atoms with E-state index in [0.717, 1.165) is 24.2 Å². The lowest BCUT2D eigenvalue weighted by Crippen LogP contribution is -2.32. The first-order chi connectivity index (χ1) is 14.3. The monoisotopic (exact) mass is 407 g/mol. The lowest BCUT2D eigenvalue weighted by molar-refractivity contribution is -0.139. The Kier molecular flexibility index (Phi) is 6.57. The Morgan fingerprint density at radius 3 is 2.17 bits per heavy atom. The van der Waals surface area contributed by atoms with E-state index in [1.807, 2.05) is 68.3 Å². The Hall–Kier alpha value is -3.12. The predicted molar refractivity (Wildman–Crippen MR) is 119 cm³/mol. The number of likely N-dealkylation sites (tertiary alicyclic amines) is 1. The van der Waals surface area contributed by atoms with E-state index in [1.165, 1.54) is 0 Å². The third-order valence-electron chi connectivity index (χ3n) is 5.32. The molecule has 0 aromatic heterocycles. The Bertz CT molecular complexity index is 934. The Labute approximate surface area is 178 Å². The van der Waals surface area contributed by atoms with Crippen LogP contribution in [0.3, 0.4) is 0 Å². The van der Waals surface area contributed by atoms with Gasteiger partial charge >= 0.3 is 0 Å². The van der Waals surface area contributed by atoms with Crippen LogP contribution >= 0.6 is 0 Å². The Morgan fingerprint density at radius 2 is 1.60 bits per heavy atom. The predicted octanol–water partition coefficient (Wildman–Crippen LogP) is 3.13. The molecule has 30 heavy (non-hydrogen) atoms. The average molecular weight is 408 g/mol. The highest BCUT2D eigenvalue weighted by Crippen LogP contribution is 2.39. The minimum Gasteiger partial charge on any atom is -0.507 e. The van der Waals surface area contributed by atoms with Crippen molar-refractivity contribution in [3.63, 3.8) is 0 Å². The molecule has 1 saturated heterocycles. The molecule has 1 atom stereocenters. The van der Waals surface area contributed by atoms with E-state index in [4.69, 9.17) is 0 Å². The minimum atomic E-state index is -0.636. The molecule has 3 rings (SSSR count). The van der Waals surface area contributed by atoms with Crippen LogP contribution in [0.1, 0.15) is 23.6 Å². The number of benzene rings is 2. The van der Waals surface area contributed by atoms with Crippen LogP contribution in [0.4, 0.5) is 5.69 Å². The van der Waals surface area contributed by atoms with Gasteiger partial charge < -0.3 is 19.8 Å². The number of Topliss-reactive ketones (excluding diaryl/α,β-unsaturated/α-hetero) is 1. The van der Waals surface area contributed by atoms with Gasteiger partial charge in [-0.15, -0.1) is 0 Å². The lowest BCUT2D eigenvalue weighted by Gasteiger charge is -2.26. The topological polar surface area (TPSA) is 64.1 Å². The highest BCUT2D eigenvalue weighted by Gasteiger charge is 2.45. The van der Waals surface area contributed by atoms with Gasteiger partial charge in [0.1, 0.15) is 5.76 Å².